The topological polar surface area (TPSA) is 72.6 Å². The van der Waals surface area contributed by atoms with E-state index in [2.05, 4.69) is 0 Å². The van der Waals surface area contributed by atoms with E-state index in [0.717, 1.165) is 32.1 Å². The maximum atomic E-state index is 12.3. The molecule has 0 aromatic heterocycles. The number of sulfonamides is 1. The Morgan fingerprint density at radius 2 is 2.06 bits per heavy atom. The van der Waals surface area contributed by atoms with Crippen molar-refractivity contribution in [3.05, 3.63) is 0 Å². The molecular weight excluding hydrogens is 252 g/mol. The molecule has 0 aliphatic carbocycles. The first-order valence-corrected chi connectivity index (χ1v) is 8.52. The first-order valence-electron chi connectivity index (χ1n) is 6.91. The highest BCUT2D eigenvalue weighted by atomic mass is 32.2. The number of hydrogen-bond donors (Lipinski definition) is 1. The van der Waals surface area contributed by atoms with Crippen LogP contribution in [0.4, 0.5) is 0 Å². The third kappa shape index (κ3) is 3.66. The normalized spacial score (nSPS) is 31.4. The van der Waals surface area contributed by atoms with Gasteiger partial charge in [0.25, 0.3) is 0 Å². The molecule has 0 amide bonds. The van der Waals surface area contributed by atoms with Crippen LogP contribution in [0.1, 0.15) is 32.1 Å². The van der Waals surface area contributed by atoms with Crippen LogP contribution < -0.4 is 5.73 Å². The first kappa shape index (κ1) is 14.2. The van der Waals surface area contributed by atoms with Crippen molar-refractivity contribution in [1.82, 2.24) is 4.31 Å². The summed E-state index contributed by atoms with van der Waals surface area (Å²) >= 11 is 0. The van der Waals surface area contributed by atoms with E-state index >= 15 is 0 Å². The summed E-state index contributed by atoms with van der Waals surface area (Å²) in [5.41, 5.74) is 5.65. The van der Waals surface area contributed by atoms with E-state index in [9.17, 15) is 8.42 Å². The van der Waals surface area contributed by atoms with E-state index in [1.54, 1.807) is 4.31 Å². The molecule has 2 N–H and O–H groups in total. The minimum absolute atomic E-state index is 0.109. The molecule has 2 unspecified atom stereocenters. The summed E-state index contributed by atoms with van der Waals surface area (Å²) in [7, 11) is -3.17. The quantitative estimate of drug-likeness (QED) is 0.814. The molecule has 0 spiro atoms. The average molecular weight is 276 g/mol. The Kier molecular flexibility index (Phi) is 5.00. The molecule has 5 nitrogen and oxygen atoms in total. The minimum atomic E-state index is -3.17. The van der Waals surface area contributed by atoms with Crippen LogP contribution in [0.25, 0.3) is 0 Å². The van der Waals surface area contributed by atoms with Crippen molar-refractivity contribution in [1.29, 1.82) is 0 Å². The Bertz CT molecular complexity index is 352. The number of nitrogens with two attached hydrogens (primary N) is 1. The van der Waals surface area contributed by atoms with E-state index in [1.165, 1.54) is 0 Å². The number of ether oxygens (including phenoxy) is 1. The van der Waals surface area contributed by atoms with Gasteiger partial charge in [-0.15, -0.1) is 0 Å². The Hall–Kier alpha value is -0.170. The van der Waals surface area contributed by atoms with Gasteiger partial charge in [0.15, 0.2) is 0 Å². The van der Waals surface area contributed by atoms with Crippen molar-refractivity contribution in [2.45, 2.75) is 38.2 Å². The van der Waals surface area contributed by atoms with Crippen LogP contribution in [0.2, 0.25) is 0 Å². The highest BCUT2D eigenvalue weighted by Crippen LogP contribution is 2.21. The number of hydrogen-bond acceptors (Lipinski definition) is 4. The van der Waals surface area contributed by atoms with Crippen LogP contribution in [0.5, 0.6) is 0 Å². The zero-order valence-electron chi connectivity index (χ0n) is 10.9. The standard InChI is InChI=1S/C12H24N2O3S/c13-8-11-4-3-6-14(9-11)18(15,16)10-12-5-1-2-7-17-12/h11-12H,1-10,13H2. The van der Waals surface area contributed by atoms with Crippen molar-refractivity contribution in [3.8, 4) is 0 Å². The van der Waals surface area contributed by atoms with Gasteiger partial charge in [0.05, 0.1) is 11.9 Å². The average Bonchev–Trinajstić information content (AvgIpc) is 2.39. The SMILES string of the molecule is NCC1CCCN(S(=O)(=O)CC2CCCCO2)C1. The predicted molar refractivity (Wildman–Crippen MR) is 70.7 cm³/mol. The molecule has 2 fully saturated rings. The first-order chi connectivity index (χ1) is 8.62. The summed E-state index contributed by atoms with van der Waals surface area (Å²) in [6, 6.07) is 0. The zero-order chi connectivity index (χ0) is 13.0. The van der Waals surface area contributed by atoms with E-state index in [4.69, 9.17) is 10.5 Å². The summed E-state index contributed by atoms with van der Waals surface area (Å²) in [4.78, 5) is 0. The summed E-state index contributed by atoms with van der Waals surface area (Å²) < 4.78 is 31.8. The molecule has 6 heteroatoms. The lowest BCUT2D eigenvalue weighted by atomic mass is 10.0. The van der Waals surface area contributed by atoms with Crippen molar-refractivity contribution in [2.24, 2.45) is 11.7 Å². The lowest BCUT2D eigenvalue weighted by Gasteiger charge is -2.33. The number of rotatable bonds is 4. The number of nitrogens with zero attached hydrogens (tertiary/aromatic N) is 1. The van der Waals surface area contributed by atoms with Crippen molar-refractivity contribution >= 4 is 10.0 Å². The monoisotopic (exact) mass is 276 g/mol. The predicted octanol–water partition coefficient (Wildman–Crippen LogP) is 0.556. The van der Waals surface area contributed by atoms with Gasteiger partial charge in [-0.2, -0.15) is 0 Å². The van der Waals surface area contributed by atoms with Crippen molar-refractivity contribution in [3.63, 3.8) is 0 Å². The van der Waals surface area contributed by atoms with Crippen LogP contribution in [0.3, 0.4) is 0 Å². The molecule has 2 atom stereocenters. The Morgan fingerprint density at radius 1 is 1.22 bits per heavy atom. The van der Waals surface area contributed by atoms with Gasteiger partial charge in [0.2, 0.25) is 10.0 Å². The third-order valence-electron chi connectivity index (χ3n) is 3.88. The van der Waals surface area contributed by atoms with Crippen LogP contribution >= 0.6 is 0 Å². The lowest BCUT2D eigenvalue weighted by molar-refractivity contribution is 0.0297. The zero-order valence-corrected chi connectivity index (χ0v) is 11.7. The maximum Gasteiger partial charge on any atom is 0.216 e. The Balaban J connectivity index is 1.92. The molecule has 2 saturated heterocycles. The van der Waals surface area contributed by atoms with Crippen LogP contribution in [0, 0.1) is 5.92 Å². The second-order valence-electron chi connectivity index (χ2n) is 5.37. The van der Waals surface area contributed by atoms with E-state index in [1.807, 2.05) is 0 Å². The van der Waals surface area contributed by atoms with Gasteiger partial charge in [-0.1, -0.05) is 0 Å². The van der Waals surface area contributed by atoms with Crippen molar-refractivity contribution in [2.75, 3.05) is 32.0 Å². The fraction of sp³-hybridized carbons (Fsp3) is 1.00. The molecule has 0 radical (unpaired) electrons. The smallest absolute Gasteiger partial charge is 0.216 e. The highest BCUT2D eigenvalue weighted by molar-refractivity contribution is 7.89. The largest absolute Gasteiger partial charge is 0.377 e. The molecule has 0 bridgehead atoms. The van der Waals surface area contributed by atoms with E-state index < -0.39 is 10.0 Å². The van der Waals surface area contributed by atoms with Gasteiger partial charge in [0, 0.05) is 19.7 Å². The van der Waals surface area contributed by atoms with Crippen LogP contribution in [0.15, 0.2) is 0 Å². The second-order valence-corrected chi connectivity index (χ2v) is 7.38. The molecular formula is C12H24N2O3S. The van der Waals surface area contributed by atoms with Gasteiger partial charge in [-0.05, 0) is 44.6 Å². The molecule has 0 aromatic carbocycles. The highest BCUT2D eigenvalue weighted by Gasteiger charge is 2.31. The fourth-order valence-electron chi connectivity index (χ4n) is 2.75. The summed E-state index contributed by atoms with van der Waals surface area (Å²) in [6.45, 7) is 2.51. The van der Waals surface area contributed by atoms with Gasteiger partial charge in [0.1, 0.15) is 0 Å². The molecule has 106 valence electrons. The summed E-state index contributed by atoms with van der Waals surface area (Å²) in [6.07, 6.45) is 4.85. The minimum Gasteiger partial charge on any atom is -0.377 e. The maximum absolute atomic E-state index is 12.3. The van der Waals surface area contributed by atoms with E-state index in [0.29, 0.717) is 32.2 Å². The lowest BCUT2D eigenvalue weighted by Crippen LogP contribution is -2.45. The Morgan fingerprint density at radius 3 is 2.72 bits per heavy atom. The van der Waals surface area contributed by atoms with Gasteiger partial charge >= 0.3 is 0 Å². The summed E-state index contributed by atoms with van der Waals surface area (Å²) in [5, 5.41) is 0. The molecule has 0 saturated carbocycles. The summed E-state index contributed by atoms with van der Waals surface area (Å²) in [5.74, 6) is 0.463. The van der Waals surface area contributed by atoms with Gasteiger partial charge in [-0.3, -0.25) is 0 Å². The van der Waals surface area contributed by atoms with Crippen LogP contribution in [-0.4, -0.2) is 50.8 Å². The van der Waals surface area contributed by atoms with Gasteiger partial charge in [-0.25, -0.2) is 12.7 Å². The molecule has 18 heavy (non-hydrogen) atoms. The number of piperidine rings is 1. The molecule has 2 aliphatic rings. The third-order valence-corrected chi connectivity index (χ3v) is 5.79. The van der Waals surface area contributed by atoms with Crippen molar-refractivity contribution < 1.29 is 13.2 Å². The van der Waals surface area contributed by atoms with Gasteiger partial charge < -0.3 is 10.5 Å². The molecule has 2 rings (SSSR count). The molecule has 2 heterocycles. The fourth-order valence-corrected chi connectivity index (χ4v) is 4.54. The molecule has 0 aromatic rings. The molecule has 2 aliphatic heterocycles. The van der Waals surface area contributed by atoms with Crippen LogP contribution in [-0.2, 0) is 14.8 Å². The Labute approximate surface area is 110 Å². The second kappa shape index (κ2) is 6.32. The van der Waals surface area contributed by atoms with E-state index in [-0.39, 0.29) is 11.9 Å².